The number of rotatable bonds is 12. The topological polar surface area (TPSA) is 109 Å². The monoisotopic (exact) mass is 642 g/mol. The Bertz CT molecular complexity index is 1790. The van der Waals surface area contributed by atoms with E-state index in [1.807, 2.05) is 73.1 Å². The highest BCUT2D eigenvalue weighted by atomic mass is 32.2. The van der Waals surface area contributed by atoms with Gasteiger partial charge in [0.15, 0.2) is 5.13 Å². The van der Waals surface area contributed by atoms with Crippen molar-refractivity contribution < 1.29 is 19.1 Å². The van der Waals surface area contributed by atoms with Gasteiger partial charge < -0.3 is 20.7 Å². The Morgan fingerprint density at radius 3 is 2.57 bits per heavy atom. The van der Waals surface area contributed by atoms with Crippen molar-refractivity contribution in [3.63, 3.8) is 0 Å². The van der Waals surface area contributed by atoms with Gasteiger partial charge in [-0.05, 0) is 90.3 Å². The van der Waals surface area contributed by atoms with Gasteiger partial charge in [-0.2, -0.15) is 11.3 Å². The second-order valence-electron chi connectivity index (χ2n) is 9.50. The Balaban J connectivity index is 1.26. The van der Waals surface area contributed by atoms with Crippen LogP contribution in [0.4, 0.5) is 10.8 Å². The third-order valence-corrected chi connectivity index (χ3v) is 9.31. The number of hydrogen-bond donors (Lipinski definition) is 3. The Morgan fingerprint density at radius 1 is 0.977 bits per heavy atom. The van der Waals surface area contributed by atoms with E-state index in [1.165, 1.54) is 34.4 Å². The van der Waals surface area contributed by atoms with Crippen LogP contribution in [0.15, 0.2) is 100 Å². The van der Waals surface area contributed by atoms with Crippen LogP contribution in [0.5, 0.6) is 5.75 Å². The summed E-state index contributed by atoms with van der Waals surface area (Å²) < 4.78 is 6.51. The Hall–Kier alpha value is -4.45. The molecule has 5 aromatic rings. The van der Waals surface area contributed by atoms with Gasteiger partial charge in [-0.15, -0.1) is 11.8 Å². The van der Waals surface area contributed by atoms with E-state index in [-0.39, 0.29) is 22.8 Å². The van der Waals surface area contributed by atoms with Crippen LogP contribution < -0.4 is 20.7 Å². The maximum absolute atomic E-state index is 13.4. The molecule has 3 aromatic carbocycles. The van der Waals surface area contributed by atoms with Gasteiger partial charge in [0.1, 0.15) is 11.4 Å². The van der Waals surface area contributed by atoms with E-state index in [2.05, 4.69) is 20.9 Å². The second kappa shape index (κ2) is 14.8. The molecule has 0 spiro atoms. The summed E-state index contributed by atoms with van der Waals surface area (Å²) in [5, 5.41) is 12.5. The molecule has 0 aliphatic rings. The molecule has 0 saturated carbocycles. The number of nitrogens with zero attached hydrogens (tertiary/aromatic N) is 1. The Labute approximate surface area is 267 Å². The normalized spacial score (nSPS) is 12.0. The highest BCUT2D eigenvalue weighted by Gasteiger charge is 2.21. The lowest BCUT2D eigenvalue weighted by molar-refractivity contribution is -0.116. The predicted octanol–water partition coefficient (Wildman–Crippen LogP) is 7.68. The van der Waals surface area contributed by atoms with Crippen molar-refractivity contribution >= 4 is 79.3 Å². The summed E-state index contributed by atoms with van der Waals surface area (Å²) in [6.45, 7) is 4.46. The van der Waals surface area contributed by atoms with Gasteiger partial charge in [0.25, 0.3) is 11.8 Å². The number of thioether (sulfide) groups is 1. The number of carbonyl (C=O) groups excluding carboxylic acids is 3. The first-order valence-corrected chi connectivity index (χ1v) is 16.6. The standard InChI is InChI=1S/C33H30N4O4S3/c1-3-28(32(40)37-33-36-26-14-13-24(41-4-2)19-29(26)44-33)43-25-12-8-11-23(18-25)34-31(39)27(17-21-15-16-42-20-21)35-30(38)22-9-6-5-7-10-22/h5-20,28H,3-4H2,1-2H3,(H,34,39)(H,35,38)(H,36,37,40)/b27-17-. The maximum Gasteiger partial charge on any atom is 0.272 e. The quantitative estimate of drug-likeness (QED) is 0.0952. The van der Waals surface area contributed by atoms with Crippen LogP contribution in [0, 0.1) is 0 Å². The minimum atomic E-state index is -0.462. The summed E-state index contributed by atoms with van der Waals surface area (Å²) in [5.74, 6) is -0.231. The number of fused-ring (bicyclic) bond motifs is 1. The number of carbonyl (C=O) groups is 3. The van der Waals surface area contributed by atoms with Crippen LogP contribution >= 0.6 is 34.4 Å². The summed E-state index contributed by atoms with van der Waals surface area (Å²) >= 11 is 4.30. The van der Waals surface area contributed by atoms with Gasteiger partial charge in [0, 0.05) is 16.1 Å². The zero-order chi connectivity index (χ0) is 30.9. The average molecular weight is 643 g/mol. The van der Waals surface area contributed by atoms with Gasteiger partial charge in [-0.25, -0.2) is 4.98 Å². The highest BCUT2D eigenvalue weighted by molar-refractivity contribution is 8.00. The maximum atomic E-state index is 13.4. The highest BCUT2D eigenvalue weighted by Crippen LogP contribution is 2.32. The lowest BCUT2D eigenvalue weighted by atomic mass is 10.2. The third kappa shape index (κ3) is 8.13. The number of amides is 3. The first kappa shape index (κ1) is 31.0. The van der Waals surface area contributed by atoms with Crippen LogP contribution in [0.25, 0.3) is 16.3 Å². The fourth-order valence-electron chi connectivity index (χ4n) is 4.20. The summed E-state index contributed by atoms with van der Waals surface area (Å²) in [5.41, 5.74) is 2.70. The molecule has 0 saturated heterocycles. The van der Waals surface area contributed by atoms with Crippen molar-refractivity contribution in [3.8, 4) is 5.75 Å². The van der Waals surface area contributed by atoms with E-state index >= 15 is 0 Å². The molecule has 2 heterocycles. The van der Waals surface area contributed by atoms with Gasteiger partial charge >= 0.3 is 0 Å². The Morgan fingerprint density at radius 2 is 1.82 bits per heavy atom. The number of ether oxygens (including phenoxy) is 1. The number of hydrogen-bond acceptors (Lipinski definition) is 8. The van der Waals surface area contributed by atoms with Crippen LogP contribution in [0.1, 0.15) is 36.2 Å². The third-order valence-electron chi connectivity index (χ3n) is 6.32. The van der Waals surface area contributed by atoms with Crippen LogP contribution in [0.2, 0.25) is 0 Å². The van der Waals surface area contributed by atoms with Crippen molar-refractivity contribution in [3.05, 3.63) is 106 Å². The number of thiazole rings is 1. The number of aromatic nitrogens is 1. The lowest BCUT2D eigenvalue weighted by Crippen LogP contribution is -2.30. The van der Waals surface area contributed by atoms with Gasteiger partial charge in [-0.1, -0.05) is 42.5 Å². The van der Waals surface area contributed by atoms with Crippen LogP contribution in [0.3, 0.4) is 0 Å². The van der Waals surface area contributed by atoms with E-state index in [1.54, 1.807) is 36.4 Å². The zero-order valence-corrected chi connectivity index (χ0v) is 26.5. The molecular formula is C33H30N4O4S3. The molecule has 1 atom stereocenters. The molecule has 5 rings (SSSR count). The fourth-order valence-corrected chi connectivity index (χ4v) is 6.73. The van der Waals surface area contributed by atoms with Gasteiger partial charge in [-0.3, -0.25) is 14.4 Å². The average Bonchev–Trinajstić information content (AvgIpc) is 3.69. The largest absolute Gasteiger partial charge is 0.494 e. The fraction of sp³-hybridized carbons (Fsp3) is 0.152. The van der Waals surface area contributed by atoms with Crippen molar-refractivity contribution in [2.45, 2.75) is 30.4 Å². The Kier molecular flexibility index (Phi) is 10.4. The van der Waals surface area contributed by atoms with E-state index in [9.17, 15) is 14.4 Å². The van der Waals surface area contributed by atoms with E-state index in [0.717, 1.165) is 26.4 Å². The molecule has 0 bridgehead atoms. The van der Waals surface area contributed by atoms with Crippen molar-refractivity contribution in [1.29, 1.82) is 0 Å². The summed E-state index contributed by atoms with van der Waals surface area (Å²) in [6, 6.07) is 23.5. The molecule has 2 aromatic heterocycles. The van der Waals surface area contributed by atoms with E-state index in [4.69, 9.17) is 4.74 Å². The molecular weight excluding hydrogens is 613 g/mol. The number of nitrogens with one attached hydrogen (secondary N) is 3. The number of benzene rings is 3. The van der Waals surface area contributed by atoms with Crippen LogP contribution in [-0.2, 0) is 9.59 Å². The minimum Gasteiger partial charge on any atom is -0.494 e. The van der Waals surface area contributed by atoms with E-state index < -0.39 is 5.91 Å². The molecule has 0 aliphatic carbocycles. The zero-order valence-electron chi connectivity index (χ0n) is 24.0. The molecule has 3 amide bonds. The van der Waals surface area contributed by atoms with Crippen molar-refractivity contribution in [2.24, 2.45) is 0 Å². The smallest absolute Gasteiger partial charge is 0.272 e. The molecule has 3 N–H and O–H groups in total. The number of thiophene rings is 1. The number of anilines is 2. The SMILES string of the molecule is CCOc1ccc2nc(NC(=O)C(CC)Sc3cccc(NC(=O)/C(=C/c4ccsc4)NC(=O)c4ccccc4)c3)sc2c1. The summed E-state index contributed by atoms with van der Waals surface area (Å²) in [6.07, 6.45) is 2.23. The molecule has 0 radical (unpaired) electrons. The van der Waals surface area contributed by atoms with Gasteiger partial charge in [0.2, 0.25) is 5.91 Å². The summed E-state index contributed by atoms with van der Waals surface area (Å²) in [7, 11) is 0. The molecule has 0 aliphatic heterocycles. The second-order valence-corrected chi connectivity index (χ2v) is 12.6. The van der Waals surface area contributed by atoms with E-state index in [0.29, 0.717) is 29.4 Å². The van der Waals surface area contributed by atoms with Crippen molar-refractivity contribution in [2.75, 3.05) is 17.2 Å². The minimum absolute atomic E-state index is 0.116. The van der Waals surface area contributed by atoms with Crippen LogP contribution in [-0.4, -0.2) is 34.6 Å². The molecule has 11 heteroatoms. The molecule has 224 valence electrons. The first-order valence-electron chi connectivity index (χ1n) is 13.9. The molecule has 8 nitrogen and oxygen atoms in total. The lowest BCUT2D eigenvalue weighted by Gasteiger charge is -2.15. The molecule has 0 fully saturated rings. The molecule has 44 heavy (non-hydrogen) atoms. The predicted molar refractivity (Wildman–Crippen MR) is 181 cm³/mol. The van der Waals surface area contributed by atoms with Crippen molar-refractivity contribution in [1.82, 2.24) is 10.3 Å². The first-order chi connectivity index (χ1) is 21.4. The summed E-state index contributed by atoms with van der Waals surface area (Å²) in [4.78, 5) is 44.8. The molecule has 1 unspecified atom stereocenters. The van der Waals surface area contributed by atoms with Gasteiger partial charge in [0.05, 0.1) is 22.1 Å².